The number of hydrogen-bond donors (Lipinski definition) is 3. The summed E-state index contributed by atoms with van der Waals surface area (Å²) < 4.78 is 33.4. The molecule has 0 spiro atoms. The van der Waals surface area contributed by atoms with Crippen LogP contribution >= 0.6 is 0 Å². The number of benzene rings is 1. The zero-order chi connectivity index (χ0) is 20.9. The number of amides is 1. The number of nitrogens with one attached hydrogen (secondary N) is 2. The van der Waals surface area contributed by atoms with Crippen LogP contribution in [0.25, 0.3) is 0 Å². The molecule has 7 nitrogen and oxygen atoms in total. The maximum absolute atomic E-state index is 12.9. The summed E-state index contributed by atoms with van der Waals surface area (Å²) in [4.78, 5) is 11.9. The van der Waals surface area contributed by atoms with Crippen LogP contribution in [0.15, 0.2) is 29.2 Å². The highest BCUT2D eigenvalue weighted by molar-refractivity contribution is 7.89. The van der Waals surface area contributed by atoms with Gasteiger partial charge < -0.3 is 15.2 Å². The molecule has 1 fully saturated rings. The van der Waals surface area contributed by atoms with Crippen molar-refractivity contribution in [3.8, 4) is 0 Å². The molecule has 28 heavy (non-hydrogen) atoms. The Morgan fingerprint density at radius 2 is 1.93 bits per heavy atom. The summed E-state index contributed by atoms with van der Waals surface area (Å²) in [6.45, 7) is 7.85. The fourth-order valence-electron chi connectivity index (χ4n) is 3.38. The molecule has 0 radical (unpaired) electrons. The number of rotatable bonds is 9. The van der Waals surface area contributed by atoms with Crippen molar-refractivity contribution >= 4 is 16.1 Å². The van der Waals surface area contributed by atoms with E-state index in [9.17, 15) is 18.3 Å². The lowest BCUT2D eigenvalue weighted by Gasteiger charge is -2.43. The molecule has 0 aliphatic carbocycles. The molecular formula is C20H32N2O5S. The van der Waals surface area contributed by atoms with Crippen LogP contribution in [0, 0.1) is 12.3 Å². The molecule has 2 rings (SSSR count). The van der Waals surface area contributed by atoms with E-state index in [1.54, 1.807) is 24.3 Å². The van der Waals surface area contributed by atoms with Crippen LogP contribution in [0.1, 0.15) is 52.0 Å². The van der Waals surface area contributed by atoms with Crippen LogP contribution in [0.3, 0.4) is 0 Å². The summed E-state index contributed by atoms with van der Waals surface area (Å²) >= 11 is 0. The average molecular weight is 413 g/mol. The molecule has 0 saturated carbocycles. The highest BCUT2D eigenvalue weighted by Crippen LogP contribution is 2.29. The monoisotopic (exact) mass is 412 g/mol. The number of alkyl carbamates (subject to hydrolysis) is 1. The van der Waals surface area contributed by atoms with Gasteiger partial charge in [0.2, 0.25) is 10.0 Å². The van der Waals surface area contributed by atoms with Crippen molar-refractivity contribution in [1.29, 1.82) is 0 Å². The third kappa shape index (κ3) is 5.68. The second kappa shape index (κ2) is 9.24. The Labute approximate surface area is 167 Å². The quantitative estimate of drug-likeness (QED) is 0.541. The van der Waals surface area contributed by atoms with Gasteiger partial charge in [0.15, 0.2) is 0 Å². The second-order valence-electron chi connectivity index (χ2n) is 8.21. The standard InChI is InChI=1S/C20H32N2O5S/c1-5-6-7-8-16(17(23)18-20(3,4)13-27-19(24)21-18)22-28(25,26)15-11-9-14(2)10-12-15/h9-12,16-18,22-23H,5-8,13H2,1-4H3,(H,21,24)/t16-,17+,18+/m0/s1. The number of carbonyl (C=O) groups excluding carboxylic acids is 1. The zero-order valence-corrected chi connectivity index (χ0v) is 17.9. The molecule has 158 valence electrons. The van der Waals surface area contributed by atoms with E-state index in [1.165, 1.54) is 0 Å². The Morgan fingerprint density at radius 3 is 2.54 bits per heavy atom. The van der Waals surface area contributed by atoms with Gasteiger partial charge in [0.25, 0.3) is 0 Å². The largest absolute Gasteiger partial charge is 0.449 e. The minimum absolute atomic E-state index is 0.154. The Bertz CT molecular complexity index is 761. The van der Waals surface area contributed by atoms with Crippen LogP contribution in [0.2, 0.25) is 0 Å². The molecule has 1 aliphatic heterocycles. The number of sulfonamides is 1. The van der Waals surface area contributed by atoms with Crippen molar-refractivity contribution in [2.45, 2.75) is 76.5 Å². The number of cyclic esters (lactones) is 1. The molecule has 3 atom stereocenters. The van der Waals surface area contributed by atoms with Crippen molar-refractivity contribution in [3.63, 3.8) is 0 Å². The molecule has 0 unspecified atom stereocenters. The molecule has 1 amide bonds. The normalized spacial score (nSPS) is 21.5. The molecule has 1 saturated heterocycles. The smallest absolute Gasteiger partial charge is 0.407 e. The Kier molecular flexibility index (Phi) is 7.47. The van der Waals surface area contributed by atoms with E-state index in [1.807, 2.05) is 20.8 Å². The van der Waals surface area contributed by atoms with Crippen LogP contribution in [-0.4, -0.2) is 44.4 Å². The Balaban J connectivity index is 2.25. The van der Waals surface area contributed by atoms with E-state index in [2.05, 4.69) is 17.0 Å². The number of aliphatic hydroxyl groups is 1. The van der Waals surface area contributed by atoms with Crippen LogP contribution in [0.5, 0.6) is 0 Å². The van der Waals surface area contributed by atoms with E-state index in [0.717, 1.165) is 24.8 Å². The third-order valence-electron chi connectivity index (χ3n) is 5.20. The van der Waals surface area contributed by atoms with Gasteiger partial charge in [-0.3, -0.25) is 0 Å². The Hall–Kier alpha value is -1.64. The van der Waals surface area contributed by atoms with Crippen molar-refractivity contribution < 1.29 is 23.1 Å². The van der Waals surface area contributed by atoms with E-state index in [4.69, 9.17) is 4.74 Å². The lowest BCUT2D eigenvalue weighted by molar-refractivity contribution is -0.0226. The first-order chi connectivity index (χ1) is 13.1. The average Bonchev–Trinajstić information content (AvgIpc) is 2.63. The van der Waals surface area contributed by atoms with Gasteiger partial charge in [-0.25, -0.2) is 17.9 Å². The first-order valence-electron chi connectivity index (χ1n) is 9.77. The van der Waals surface area contributed by atoms with Crippen LogP contribution in [0.4, 0.5) is 4.79 Å². The van der Waals surface area contributed by atoms with Gasteiger partial charge in [-0.1, -0.05) is 57.7 Å². The number of aliphatic hydroxyl groups excluding tert-OH is 1. The van der Waals surface area contributed by atoms with Gasteiger partial charge >= 0.3 is 6.09 Å². The fraction of sp³-hybridized carbons (Fsp3) is 0.650. The summed E-state index contributed by atoms with van der Waals surface area (Å²) in [5.41, 5.74) is 0.427. The van der Waals surface area contributed by atoms with Crippen molar-refractivity contribution in [2.24, 2.45) is 5.41 Å². The topological polar surface area (TPSA) is 105 Å². The predicted molar refractivity (Wildman–Crippen MR) is 107 cm³/mol. The maximum Gasteiger partial charge on any atom is 0.407 e. The van der Waals surface area contributed by atoms with Crippen LogP contribution in [-0.2, 0) is 14.8 Å². The zero-order valence-electron chi connectivity index (χ0n) is 17.1. The minimum atomic E-state index is -3.80. The minimum Gasteiger partial charge on any atom is -0.449 e. The maximum atomic E-state index is 12.9. The van der Waals surface area contributed by atoms with Gasteiger partial charge in [-0.15, -0.1) is 0 Å². The van der Waals surface area contributed by atoms with Gasteiger partial charge in [-0.2, -0.15) is 0 Å². The fourth-order valence-corrected chi connectivity index (χ4v) is 4.67. The first kappa shape index (κ1) is 22.6. The molecule has 0 aromatic heterocycles. The highest BCUT2D eigenvalue weighted by atomic mass is 32.2. The molecule has 8 heteroatoms. The highest BCUT2D eigenvalue weighted by Gasteiger charge is 2.44. The van der Waals surface area contributed by atoms with Gasteiger partial charge in [-0.05, 0) is 25.5 Å². The van der Waals surface area contributed by atoms with Crippen molar-refractivity contribution in [3.05, 3.63) is 29.8 Å². The van der Waals surface area contributed by atoms with Crippen LogP contribution < -0.4 is 10.0 Å². The Morgan fingerprint density at radius 1 is 1.29 bits per heavy atom. The molecule has 1 aliphatic rings. The third-order valence-corrected chi connectivity index (χ3v) is 6.71. The number of ether oxygens (including phenoxy) is 1. The summed E-state index contributed by atoms with van der Waals surface area (Å²) in [6.07, 6.45) is 1.47. The van der Waals surface area contributed by atoms with E-state index < -0.39 is 39.7 Å². The van der Waals surface area contributed by atoms with E-state index in [0.29, 0.717) is 6.42 Å². The van der Waals surface area contributed by atoms with Crippen molar-refractivity contribution in [1.82, 2.24) is 10.0 Å². The molecule has 1 heterocycles. The summed E-state index contributed by atoms with van der Waals surface area (Å²) in [6, 6.07) is 5.22. The summed E-state index contributed by atoms with van der Waals surface area (Å²) in [5.74, 6) is 0. The number of carbonyl (C=O) groups is 1. The molecular weight excluding hydrogens is 380 g/mol. The number of aryl methyl sites for hydroxylation is 1. The number of hydrogen-bond acceptors (Lipinski definition) is 5. The molecule has 0 bridgehead atoms. The first-order valence-corrected chi connectivity index (χ1v) is 11.3. The molecule has 1 aromatic rings. The molecule has 3 N–H and O–H groups in total. The molecule has 1 aromatic carbocycles. The van der Waals surface area contributed by atoms with Gasteiger partial charge in [0, 0.05) is 5.41 Å². The SMILES string of the molecule is CCCCC[C@H](NS(=O)(=O)c1ccc(C)cc1)[C@@H](O)[C@H]1NC(=O)OCC1(C)C. The predicted octanol–water partition coefficient (Wildman–Crippen LogP) is 2.72. The summed E-state index contributed by atoms with van der Waals surface area (Å²) in [5, 5.41) is 13.7. The summed E-state index contributed by atoms with van der Waals surface area (Å²) in [7, 11) is -3.80. The lowest BCUT2D eigenvalue weighted by Crippen LogP contribution is -2.63. The van der Waals surface area contributed by atoms with Gasteiger partial charge in [0.1, 0.15) is 6.61 Å². The second-order valence-corrected chi connectivity index (χ2v) is 9.93. The van der Waals surface area contributed by atoms with E-state index >= 15 is 0 Å². The lowest BCUT2D eigenvalue weighted by atomic mass is 9.78. The van der Waals surface area contributed by atoms with Crippen molar-refractivity contribution in [2.75, 3.05) is 6.61 Å². The van der Waals surface area contributed by atoms with E-state index in [-0.39, 0.29) is 11.5 Å². The van der Waals surface area contributed by atoms with Gasteiger partial charge in [0.05, 0.1) is 23.1 Å². The number of unbranched alkanes of at least 4 members (excludes halogenated alkanes) is 2.